The first-order chi connectivity index (χ1) is 11.7. The van der Waals surface area contributed by atoms with Gasteiger partial charge in [0.1, 0.15) is 5.82 Å². The van der Waals surface area contributed by atoms with Crippen molar-refractivity contribution in [2.75, 3.05) is 13.1 Å². The number of nitrogens with zero attached hydrogens (tertiary/aromatic N) is 5. The number of allylic oxidation sites excluding steroid dienone is 1. The second kappa shape index (κ2) is 5.24. The van der Waals surface area contributed by atoms with E-state index < -0.39 is 0 Å². The number of aromatic nitrogens is 4. The van der Waals surface area contributed by atoms with E-state index in [0.29, 0.717) is 6.04 Å². The molecule has 4 heterocycles. The first-order valence-corrected chi connectivity index (χ1v) is 9.01. The van der Waals surface area contributed by atoms with E-state index in [1.807, 2.05) is 6.20 Å². The average Bonchev–Trinajstić information content (AvgIpc) is 3.14. The van der Waals surface area contributed by atoms with Gasteiger partial charge in [-0.2, -0.15) is 0 Å². The van der Waals surface area contributed by atoms with Crippen LogP contribution in [0.5, 0.6) is 0 Å². The van der Waals surface area contributed by atoms with Crippen LogP contribution in [0.15, 0.2) is 24.7 Å². The molecule has 24 heavy (non-hydrogen) atoms. The van der Waals surface area contributed by atoms with Crippen molar-refractivity contribution >= 4 is 6.08 Å². The summed E-state index contributed by atoms with van der Waals surface area (Å²) in [6.45, 7) is 5.73. The minimum absolute atomic E-state index is 0.110. The Bertz CT molecular complexity index is 794. The summed E-state index contributed by atoms with van der Waals surface area (Å²) >= 11 is 0. The van der Waals surface area contributed by atoms with Gasteiger partial charge in [-0.1, -0.05) is 13.0 Å². The Kier molecular flexibility index (Phi) is 3.13. The number of fused-ring (bicyclic) bond motifs is 4. The Morgan fingerprint density at radius 1 is 1.21 bits per heavy atom. The number of hydrogen-bond donors (Lipinski definition) is 0. The average molecular weight is 321 g/mol. The first-order valence-electron chi connectivity index (χ1n) is 9.01. The van der Waals surface area contributed by atoms with Crippen LogP contribution in [0.2, 0.25) is 0 Å². The molecule has 2 atom stereocenters. The predicted molar refractivity (Wildman–Crippen MR) is 92.6 cm³/mol. The lowest BCUT2D eigenvalue weighted by Crippen LogP contribution is -2.31. The van der Waals surface area contributed by atoms with Gasteiger partial charge >= 0.3 is 0 Å². The maximum Gasteiger partial charge on any atom is 0.111 e. The molecule has 2 aliphatic heterocycles. The SMILES string of the molecule is CC1(c2cnccn2)C=Cc2c(nc3n2CCN2CCC[C@H]2C3)C1. The molecule has 1 saturated heterocycles. The predicted octanol–water partition coefficient (Wildman–Crippen LogP) is 2.22. The second-order valence-corrected chi connectivity index (χ2v) is 7.57. The zero-order valence-electron chi connectivity index (χ0n) is 14.1. The largest absolute Gasteiger partial charge is 0.327 e. The van der Waals surface area contributed by atoms with Crippen molar-refractivity contribution in [2.24, 2.45) is 0 Å². The van der Waals surface area contributed by atoms with Gasteiger partial charge in [-0.05, 0) is 25.5 Å². The van der Waals surface area contributed by atoms with E-state index in [2.05, 4.69) is 38.5 Å². The molecule has 1 aliphatic carbocycles. The van der Waals surface area contributed by atoms with Crippen LogP contribution in [0.1, 0.15) is 42.7 Å². The van der Waals surface area contributed by atoms with Gasteiger partial charge in [0.15, 0.2) is 0 Å². The Hall–Kier alpha value is -2.01. The molecule has 1 unspecified atom stereocenters. The Balaban J connectivity index is 1.50. The van der Waals surface area contributed by atoms with Crippen molar-refractivity contribution in [1.29, 1.82) is 0 Å². The molecule has 2 aromatic rings. The van der Waals surface area contributed by atoms with Crippen molar-refractivity contribution in [2.45, 2.75) is 50.6 Å². The quantitative estimate of drug-likeness (QED) is 0.808. The molecule has 0 spiro atoms. The van der Waals surface area contributed by atoms with Crippen molar-refractivity contribution in [1.82, 2.24) is 24.4 Å². The second-order valence-electron chi connectivity index (χ2n) is 7.57. The Labute approximate surface area is 142 Å². The highest BCUT2D eigenvalue weighted by atomic mass is 15.2. The van der Waals surface area contributed by atoms with E-state index in [9.17, 15) is 0 Å². The molecule has 0 aromatic carbocycles. The van der Waals surface area contributed by atoms with Gasteiger partial charge in [-0.3, -0.25) is 14.9 Å². The standard InChI is InChI=1S/C19H23N5/c1-19(17-13-20-6-7-21-17)5-4-16-15(12-19)22-18-11-14-3-2-8-23(14)9-10-24(16)18/h4-7,13-14H,2-3,8-12H2,1H3/t14-,19?/m0/s1. The molecule has 0 bridgehead atoms. The fourth-order valence-corrected chi connectivity index (χ4v) is 4.59. The maximum atomic E-state index is 5.07. The number of imidazole rings is 1. The van der Waals surface area contributed by atoms with Gasteiger partial charge in [0.25, 0.3) is 0 Å². The highest BCUT2D eigenvalue weighted by Crippen LogP contribution is 2.36. The summed E-state index contributed by atoms with van der Waals surface area (Å²) in [7, 11) is 0. The molecule has 0 amide bonds. The summed E-state index contributed by atoms with van der Waals surface area (Å²) in [5.41, 5.74) is 3.46. The smallest absolute Gasteiger partial charge is 0.111 e. The minimum atomic E-state index is -0.110. The first kappa shape index (κ1) is 14.3. The third-order valence-corrected chi connectivity index (χ3v) is 5.98. The summed E-state index contributed by atoms with van der Waals surface area (Å²) < 4.78 is 2.46. The van der Waals surface area contributed by atoms with Gasteiger partial charge in [-0.15, -0.1) is 0 Å². The molecule has 0 saturated carbocycles. The molecule has 2 aromatic heterocycles. The highest BCUT2D eigenvalue weighted by Gasteiger charge is 2.35. The third-order valence-electron chi connectivity index (χ3n) is 5.98. The van der Waals surface area contributed by atoms with Crippen molar-refractivity contribution in [3.8, 4) is 0 Å². The monoisotopic (exact) mass is 321 g/mol. The van der Waals surface area contributed by atoms with E-state index in [1.165, 1.54) is 36.6 Å². The molecule has 0 N–H and O–H groups in total. The van der Waals surface area contributed by atoms with E-state index in [0.717, 1.165) is 31.6 Å². The van der Waals surface area contributed by atoms with Gasteiger partial charge in [0, 0.05) is 56.0 Å². The number of rotatable bonds is 1. The van der Waals surface area contributed by atoms with Crippen LogP contribution in [0.3, 0.4) is 0 Å². The molecule has 124 valence electrons. The normalized spacial score (nSPS) is 29.0. The van der Waals surface area contributed by atoms with Crippen molar-refractivity contribution in [3.05, 3.63) is 47.6 Å². The molecule has 5 heteroatoms. The van der Waals surface area contributed by atoms with E-state index >= 15 is 0 Å². The molecule has 3 aliphatic rings. The fourth-order valence-electron chi connectivity index (χ4n) is 4.59. The Morgan fingerprint density at radius 2 is 2.17 bits per heavy atom. The van der Waals surface area contributed by atoms with Crippen LogP contribution >= 0.6 is 0 Å². The topological polar surface area (TPSA) is 46.8 Å². The van der Waals surface area contributed by atoms with E-state index in [-0.39, 0.29) is 5.41 Å². The molecule has 0 radical (unpaired) electrons. The van der Waals surface area contributed by atoms with Gasteiger partial charge in [0.2, 0.25) is 0 Å². The molecule has 5 rings (SSSR count). The third kappa shape index (κ3) is 2.14. The summed E-state index contributed by atoms with van der Waals surface area (Å²) in [6, 6.07) is 0.699. The van der Waals surface area contributed by atoms with E-state index in [1.54, 1.807) is 12.4 Å². The minimum Gasteiger partial charge on any atom is -0.327 e. The van der Waals surface area contributed by atoms with Crippen LogP contribution in [0, 0.1) is 0 Å². The van der Waals surface area contributed by atoms with Crippen LogP contribution in [0.4, 0.5) is 0 Å². The lowest BCUT2D eigenvalue weighted by atomic mass is 9.78. The lowest BCUT2D eigenvalue weighted by molar-refractivity contribution is 0.257. The summed E-state index contributed by atoms with van der Waals surface area (Å²) in [5, 5.41) is 0. The summed E-state index contributed by atoms with van der Waals surface area (Å²) in [5.74, 6) is 1.28. The van der Waals surface area contributed by atoms with Gasteiger partial charge < -0.3 is 4.57 Å². The molecular formula is C19H23N5. The summed E-state index contributed by atoms with van der Waals surface area (Å²) in [6.07, 6.45) is 14.6. The maximum absolute atomic E-state index is 5.07. The van der Waals surface area contributed by atoms with Crippen LogP contribution in [-0.2, 0) is 24.8 Å². The van der Waals surface area contributed by atoms with Gasteiger partial charge in [-0.25, -0.2) is 4.98 Å². The van der Waals surface area contributed by atoms with Crippen molar-refractivity contribution in [3.63, 3.8) is 0 Å². The van der Waals surface area contributed by atoms with Crippen LogP contribution in [-0.4, -0.2) is 43.6 Å². The van der Waals surface area contributed by atoms with Crippen LogP contribution in [0.25, 0.3) is 6.08 Å². The summed E-state index contributed by atoms with van der Waals surface area (Å²) in [4.78, 5) is 16.5. The van der Waals surface area contributed by atoms with E-state index in [4.69, 9.17) is 4.98 Å². The molecule has 1 fully saturated rings. The van der Waals surface area contributed by atoms with Gasteiger partial charge in [0.05, 0.1) is 17.1 Å². The lowest BCUT2D eigenvalue weighted by Gasteiger charge is -2.28. The fraction of sp³-hybridized carbons (Fsp3) is 0.526. The van der Waals surface area contributed by atoms with Crippen molar-refractivity contribution < 1.29 is 0 Å². The highest BCUT2D eigenvalue weighted by molar-refractivity contribution is 5.56. The zero-order chi connectivity index (χ0) is 16.1. The zero-order valence-corrected chi connectivity index (χ0v) is 14.1. The van der Waals surface area contributed by atoms with Crippen LogP contribution < -0.4 is 0 Å². The molecule has 5 nitrogen and oxygen atoms in total. The Morgan fingerprint density at radius 3 is 3.04 bits per heavy atom. The number of hydrogen-bond acceptors (Lipinski definition) is 4. The molecular weight excluding hydrogens is 298 g/mol.